The zero-order valence-electron chi connectivity index (χ0n) is 11.9. The van der Waals surface area contributed by atoms with Crippen LogP contribution in [0.4, 0.5) is 5.95 Å². The van der Waals surface area contributed by atoms with Gasteiger partial charge in [-0.2, -0.15) is 4.98 Å². The van der Waals surface area contributed by atoms with Crippen molar-refractivity contribution in [2.45, 2.75) is 27.2 Å². The van der Waals surface area contributed by atoms with Gasteiger partial charge in [-0.3, -0.25) is 0 Å². The van der Waals surface area contributed by atoms with Gasteiger partial charge in [0.15, 0.2) is 0 Å². The summed E-state index contributed by atoms with van der Waals surface area (Å²) in [5.74, 6) is 1.67. The number of nitrogens with zero attached hydrogens (tertiary/aromatic N) is 2. The van der Waals surface area contributed by atoms with Crippen LogP contribution in [0.25, 0.3) is 0 Å². The van der Waals surface area contributed by atoms with E-state index in [1.165, 1.54) is 0 Å². The molecule has 0 fully saturated rings. The summed E-state index contributed by atoms with van der Waals surface area (Å²) in [6.45, 7) is 6.81. The molecule has 0 aliphatic carbocycles. The maximum atomic E-state index is 6.13. The average Bonchev–Trinajstić information content (AvgIpc) is 2.40. The minimum Gasteiger partial charge on any atom is -0.437 e. The molecule has 0 spiro atoms. The van der Waals surface area contributed by atoms with Crippen LogP contribution in [0.2, 0.25) is 5.02 Å². The van der Waals surface area contributed by atoms with Crippen LogP contribution in [0.1, 0.15) is 24.6 Å². The van der Waals surface area contributed by atoms with Crippen LogP contribution in [0, 0.1) is 13.8 Å². The normalized spacial score (nSPS) is 10.4. The standard InChI is InChI=1S/C15H18ClN3O/c1-4-7-17-15-18-11(3)9-14(19-15)20-13-8-10(2)5-6-12(13)16/h5-6,8-9H,4,7H2,1-3H3,(H,17,18,19). The van der Waals surface area contributed by atoms with E-state index in [-0.39, 0.29) is 0 Å². The minimum atomic E-state index is 0.489. The van der Waals surface area contributed by atoms with E-state index in [0.29, 0.717) is 22.6 Å². The summed E-state index contributed by atoms with van der Waals surface area (Å²) in [4.78, 5) is 8.65. The van der Waals surface area contributed by atoms with Gasteiger partial charge in [0, 0.05) is 18.3 Å². The van der Waals surface area contributed by atoms with Crippen molar-refractivity contribution >= 4 is 17.5 Å². The first kappa shape index (κ1) is 14.6. The highest BCUT2D eigenvalue weighted by Crippen LogP contribution is 2.29. The highest BCUT2D eigenvalue weighted by molar-refractivity contribution is 6.32. The van der Waals surface area contributed by atoms with Crippen molar-refractivity contribution < 1.29 is 4.74 Å². The molecule has 2 rings (SSSR count). The van der Waals surface area contributed by atoms with E-state index in [0.717, 1.165) is 24.2 Å². The summed E-state index contributed by atoms with van der Waals surface area (Å²) < 4.78 is 5.77. The van der Waals surface area contributed by atoms with E-state index < -0.39 is 0 Å². The van der Waals surface area contributed by atoms with Crippen LogP contribution in [0.3, 0.4) is 0 Å². The molecular weight excluding hydrogens is 274 g/mol. The van der Waals surface area contributed by atoms with E-state index in [9.17, 15) is 0 Å². The Morgan fingerprint density at radius 2 is 2.00 bits per heavy atom. The molecule has 0 saturated heterocycles. The molecule has 0 radical (unpaired) electrons. The fourth-order valence-electron chi connectivity index (χ4n) is 1.71. The Morgan fingerprint density at radius 1 is 1.20 bits per heavy atom. The third-order valence-corrected chi connectivity index (χ3v) is 2.98. The molecule has 0 amide bonds. The van der Waals surface area contributed by atoms with Crippen molar-refractivity contribution in [3.05, 3.63) is 40.5 Å². The predicted molar refractivity (Wildman–Crippen MR) is 81.8 cm³/mol. The first-order valence-corrected chi connectivity index (χ1v) is 7.00. The number of ether oxygens (including phenoxy) is 1. The molecule has 1 aromatic carbocycles. The molecule has 5 heteroatoms. The van der Waals surface area contributed by atoms with Gasteiger partial charge in [0.05, 0.1) is 5.02 Å². The third-order valence-electron chi connectivity index (χ3n) is 2.67. The van der Waals surface area contributed by atoms with Crippen LogP contribution in [-0.4, -0.2) is 16.5 Å². The molecule has 20 heavy (non-hydrogen) atoms. The van der Waals surface area contributed by atoms with Crippen molar-refractivity contribution in [3.63, 3.8) is 0 Å². The van der Waals surface area contributed by atoms with Crippen LogP contribution >= 0.6 is 11.6 Å². The zero-order chi connectivity index (χ0) is 14.5. The number of rotatable bonds is 5. The Hall–Kier alpha value is -1.81. The predicted octanol–water partition coefficient (Wildman–Crippen LogP) is 4.36. The number of hydrogen-bond acceptors (Lipinski definition) is 4. The quantitative estimate of drug-likeness (QED) is 0.889. The lowest BCUT2D eigenvalue weighted by Crippen LogP contribution is -2.05. The van der Waals surface area contributed by atoms with E-state index in [4.69, 9.17) is 16.3 Å². The van der Waals surface area contributed by atoms with Gasteiger partial charge >= 0.3 is 0 Å². The van der Waals surface area contributed by atoms with E-state index >= 15 is 0 Å². The third kappa shape index (κ3) is 3.84. The van der Waals surface area contributed by atoms with Gasteiger partial charge < -0.3 is 10.1 Å². The second-order valence-electron chi connectivity index (χ2n) is 4.63. The Morgan fingerprint density at radius 3 is 2.75 bits per heavy atom. The molecule has 0 aliphatic rings. The lowest BCUT2D eigenvalue weighted by molar-refractivity contribution is 0.461. The largest absolute Gasteiger partial charge is 0.437 e. The summed E-state index contributed by atoms with van der Waals surface area (Å²) in [6.07, 6.45) is 1.01. The maximum Gasteiger partial charge on any atom is 0.226 e. The number of aryl methyl sites for hydroxylation is 2. The fraction of sp³-hybridized carbons (Fsp3) is 0.333. The molecule has 4 nitrogen and oxygen atoms in total. The fourth-order valence-corrected chi connectivity index (χ4v) is 1.87. The molecule has 0 atom stereocenters. The molecule has 0 unspecified atom stereocenters. The van der Waals surface area contributed by atoms with Gasteiger partial charge in [-0.1, -0.05) is 24.6 Å². The number of nitrogens with one attached hydrogen (secondary N) is 1. The van der Waals surface area contributed by atoms with Crippen LogP contribution in [0.15, 0.2) is 24.3 Å². The number of halogens is 1. The minimum absolute atomic E-state index is 0.489. The lowest BCUT2D eigenvalue weighted by Gasteiger charge is -2.10. The van der Waals surface area contributed by atoms with Gasteiger partial charge in [0.1, 0.15) is 5.75 Å². The second kappa shape index (κ2) is 6.57. The van der Waals surface area contributed by atoms with Gasteiger partial charge in [-0.25, -0.2) is 4.98 Å². The highest BCUT2D eigenvalue weighted by Gasteiger charge is 2.07. The summed E-state index contributed by atoms with van der Waals surface area (Å²) in [5.41, 5.74) is 1.93. The Labute approximate surface area is 124 Å². The molecule has 0 bridgehead atoms. The molecule has 0 aliphatic heterocycles. The number of hydrogen-bond donors (Lipinski definition) is 1. The van der Waals surface area contributed by atoms with Crippen molar-refractivity contribution in [2.24, 2.45) is 0 Å². The van der Waals surface area contributed by atoms with Crippen molar-refractivity contribution in [3.8, 4) is 11.6 Å². The van der Waals surface area contributed by atoms with Gasteiger partial charge in [0.25, 0.3) is 0 Å². The molecule has 106 valence electrons. The SMILES string of the molecule is CCCNc1nc(C)cc(Oc2cc(C)ccc2Cl)n1. The summed E-state index contributed by atoms with van der Waals surface area (Å²) in [6, 6.07) is 7.43. The topological polar surface area (TPSA) is 47.0 Å². The lowest BCUT2D eigenvalue weighted by atomic mass is 10.2. The van der Waals surface area contributed by atoms with Gasteiger partial charge in [-0.05, 0) is 38.0 Å². The zero-order valence-corrected chi connectivity index (χ0v) is 12.7. The van der Waals surface area contributed by atoms with Crippen molar-refractivity contribution in [1.29, 1.82) is 0 Å². The summed E-state index contributed by atoms with van der Waals surface area (Å²) in [5, 5.41) is 3.72. The maximum absolute atomic E-state index is 6.13. The molecule has 2 aromatic rings. The number of aromatic nitrogens is 2. The molecular formula is C15H18ClN3O. The van der Waals surface area contributed by atoms with E-state index in [2.05, 4.69) is 22.2 Å². The van der Waals surface area contributed by atoms with Crippen molar-refractivity contribution in [2.75, 3.05) is 11.9 Å². The number of benzene rings is 1. The van der Waals surface area contributed by atoms with Gasteiger partial charge in [0.2, 0.25) is 11.8 Å². The Balaban J connectivity index is 2.24. The Kier molecular flexibility index (Phi) is 4.79. The summed E-state index contributed by atoms with van der Waals surface area (Å²) in [7, 11) is 0. The van der Waals surface area contributed by atoms with Crippen LogP contribution in [0.5, 0.6) is 11.6 Å². The van der Waals surface area contributed by atoms with Crippen molar-refractivity contribution in [1.82, 2.24) is 9.97 Å². The van der Waals surface area contributed by atoms with E-state index in [1.807, 2.05) is 32.0 Å². The molecule has 0 saturated carbocycles. The first-order chi connectivity index (χ1) is 9.58. The molecule has 1 heterocycles. The average molecular weight is 292 g/mol. The Bertz CT molecular complexity index is 602. The second-order valence-corrected chi connectivity index (χ2v) is 5.04. The monoisotopic (exact) mass is 291 g/mol. The van der Waals surface area contributed by atoms with Gasteiger partial charge in [-0.15, -0.1) is 0 Å². The molecule has 1 N–H and O–H groups in total. The van der Waals surface area contributed by atoms with Crippen LogP contribution in [-0.2, 0) is 0 Å². The van der Waals surface area contributed by atoms with Crippen LogP contribution < -0.4 is 10.1 Å². The first-order valence-electron chi connectivity index (χ1n) is 6.62. The summed E-state index contributed by atoms with van der Waals surface area (Å²) >= 11 is 6.13. The molecule has 1 aromatic heterocycles. The number of anilines is 1. The highest BCUT2D eigenvalue weighted by atomic mass is 35.5. The van der Waals surface area contributed by atoms with E-state index in [1.54, 1.807) is 6.07 Å². The smallest absolute Gasteiger partial charge is 0.226 e.